The molecule has 0 fully saturated rings. The molecule has 0 aliphatic carbocycles. The third kappa shape index (κ3) is 5.46. The Hall–Kier alpha value is 0.140. The van der Waals surface area contributed by atoms with E-state index >= 15 is 0 Å². The molecule has 0 amide bonds. The van der Waals surface area contributed by atoms with Gasteiger partial charge in [0.1, 0.15) is 0 Å². The van der Waals surface area contributed by atoms with Gasteiger partial charge in [0.2, 0.25) is 0 Å². The molecule has 0 saturated carbocycles. The first-order valence-corrected chi connectivity index (χ1v) is 7.80. The zero-order valence-electron chi connectivity index (χ0n) is 10.3. The van der Waals surface area contributed by atoms with Gasteiger partial charge >= 0.3 is 0 Å². The number of hydrogen-bond acceptors (Lipinski definition) is 2. The minimum absolute atomic E-state index is 1.16. The van der Waals surface area contributed by atoms with E-state index in [-0.39, 0.29) is 0 Å². The molecule has 1 nitrogen and oxygen atoms in total. The van der Waals surface area contributed by atoms with Crippen LogP contribution in [0.2, 0.25) is 0 Å². The lowest BCUT2D eigenvalue weighted by molar-refractivity contribution is 0.600. The first-order chi connectivity index (χ1) is 7.74. The Morgan fingerprint density at radius 1 is 1.25 bits per heavy atom. The van der Waals surface area contributed by atoms with Crippen LogP contribution in [0, 0.1) is 6.92 Å². The Bertz CT molecular complexity index is 277. The molecule has 0 atom stereocenters. The number of halogens is 1. The van der Waals surface area contributed by atoms with Crippen LogP contribution in [0.15, 0.2) is 10.5 Å². The van der Waals surface area contributed by atoms with E-state index in [1.165, 1.54) is 52.9 Å². The summed E-state index contributed by atoms with van der Waals surface area (Å²) in [5, 5.41) is 3.44. The van der Waals surface area contributed by atoms with Gasteiger partial charge in [0.25, 0.3) is 0 Å². The van der Waals surface area contributed by atoms with E-state index in [1.807, 2.05) is 11.3 Å². The topological polar surface area (TPSA) is 12.0 Å². The highest BCUT2D eigenvalue weighted by Gasteiger charge is 2.02. The minimum atomic E-state index is 1.16. The van der Waals surface area contributed by atoms with Gasteiger partial charge in [-0.2, -0.15) is 0 Å². The van der Waals surface area contributed by atoms with Crippen LogP contribution in [0.4, 0.5) is 0 Å². The molecule has 1 N–H and O–H groups in total. The Morgan fingerprint density at radius 3 is 2.69 bits per heavy atom. The summed E-state index contributed by atoms with van der Waals surface area (Å²) in [6.45, 7) is 6.73. The van der Waals surface area contributed by atoms with Crippen molar-refractivity contribution in [3.63, 3.8) is 0 Å². The standard InChI is InChI=1S/C13H22BrNS/c1-3-8-15-9-6-4-5-7-12-10-13(14)11(2)16-12/h10,15H,3-9H2,1-2H3. The van der Waals surface area contributed by atoms with E-state index in [1.54, 1.807) is 0 Å². The second-order valence-corrected chi connectivity index (χ2v) is 6.37. The summed E-state index contributed by atoms with van der Waals surface area (Å²) < 4.78 is 1.28. The van der Waals surface area contributed by atoms with Gasteiger partial charge in [0.15, 0.2) is 0 Å². The summed E-state index contributed by atoms with van der Waals surface area (Å²) in [5.74, 6) is 0. The van der Waals surface area contributed by atoms with Gasteiger partial charge in [-0.25, -0.2) is 0 Å². The van der Waals surface area contributed by atoms with Crippen molar-refractivity contribution in [2.24, 2.45) is 0 Å². The summed E-state index contributed by atoms with van der Waals surface area (Å²) in [5.41, 5.74) is 0. The molecule has 92 valence electrons. The largest absolute Gasteiger partial charge is 0.317 e. The van der Waals surface area contributed by atoms with Crippen LogP contribution >= 0.6 is 27.3 Å². The van der Waals surface area contributed by atoms with Crippen LogP contribution in [0.5, 0.6) is 0 Å². The van der Waals surface area contributed by atoms with Crippen LogP contribution in [0.3, 0.4) is 0 Å². The third-order valence-corrected chi connectivity index (χ3v) is 4.81. The fourth-order valence-corrected chi connectivity index (χ4v) is 3.31. The van der Waals surface area contributed by atoms with Crippen LogP contribution < -0.4 is 5.32 Å². The smallest absolute Gasteiger partial charge is 0.0314 e. The van der Waals surface area contributed by atoms with Gasteiger partial charge in [0, 0.05) is 14.2 Å². The molecule has 0 spiro atoms. The van der Waals surface area contributed by atoms with Crippen molar-refractivity contribution in [3.8, 4) is 0 Å². The van der Waals surface area contributed by atoms with Crippen molar-refractivity contribution in [1.29, 1.82) is 0 Å². The highest BCUT2D eigenvalue weighted by molar-refractivity contribution is 9.10. The highest BCUT2D eigenvalue weighted by Crippen LogP contribution is 2.27. The Kier molecular flexibility index (Phi) is 7.33. The Balaban J connectivity index is 2.03. The SMILES string of the molecule is CCCNCCCCCc1cc(Br)c(C)s1. The molecule has 1 aromatic heterocycles. The predicted octanol–water partition coefficient (Wildman–Crippen LogP) is 4.53. The first-order valence-electron chi connectivity index (χ1n) is 6.19. The zero-order chi connectivity index (χ0) is 11.8. The maximum atomic E-state index is 3.57. The van der Waals surface area contributed by atoms with Gasteiger partial charge in [-0.1, -0.05) is 13.3 Å². The van der Waals surface area contributed by atoms with Crippen LogP contribution in [0.1, 0.15) is 42.4 Å². The third-order valence-electron chi connectivity index (χ3n) is 2.61. The predicted molar refractivity (Wildman–Crippen MR) is 77.5 cm³/mol. The average Bonchev–Trinajstić information content (AvgIpc) is 2.57. The molecule has 3 heteroatoms. The summed E-state index contributed by atoms with van der Waals surface area (Å²) >= 11 is 5.49. The maximum absolute atomic E-state index is 3.57. The number of thiophene rings is 1. The van der Waals surface area contributed by atoms with Crippen LogP contribution in [-0.4, -0.2) is 13.1 Å². The minimum Gasteiger partial charge on any atom is -0.317 e. The molecule has 1 heterocycles. The monoisotopic (exact) mass is 303 g/mol. The number of nitrogens with one attached hydrogen (secondary N) is 1. The lowest BCUT2D eigenvalue weighted by Crippen LogP contribution is -2.15. The molecule has 0 aromatic carbocycles. The lowest BCUT2D eigenvalue weighted by atomic mass is 10.2. The lowest BCUT2D eigenvalue weighted by Gasteiger charge is -2.02. The molecular formula is C13H22BrNS. The quantitative estimate of drug-likeness (QED) is 0.696. The van der Waals surface area contributed by atoms with Crippen molar-refractivity contribution < 1.29 is 0 Å². The molecule has 1 aromatic rings. The first kappa shape index (κ1) is 14.2. The number of aryl methyl sites for hydroxylation is 2. The molecule has 16 heavy (non-hydrogen) atoms. The van der Waals surface area contributed by atoms with E-state index in [0.717, 1.165) is 6.54 Å². The summed E-state index contributed by atoms with van der Waals surface area (Å²) in [7, 11) is 0. The van der Waals surface area contributed by atoms with E-state index in [9.17, 15) is 0 Å². The highest BCUT2D eigenvalue weighted by atomic mass is 79.9. The van der Waals surface area contributed by atoms with E-state index in [2.05, 4.69) is 41.2 Å². The number of rotatable bonds is 8. The van der Waals surface area contributed by atoms with Crippen molar-refractivity contribution in [2.75, 3.05) is 13.1 Å². The van der Waals surface area contributed by atoms with Crippen LogP contribution in [0.25, 0.3) is 0 Å². The fourth-order valence-electron chi connectivity index (χ4n) is 1.67. The Labute approximate surface area is 112 Å². The van der Waals surface area contributed by atoms with Gasteiger partial charge in [-0.15, -0.1) is 11.3 Å². The van der Waals surface area contributed by atoms with E-state index < -0.39 is 0 Å². The fraction of sp³-hybridized carbons (Fsp3) is 0.692. The van der Waals surface area contributed by atoms with E-state index in [4.69, 9.17) is 0 Å². The molecule has 0 radical (unpaired) electrons. The zero-order valence-corrected chi connectivity index (χ0v) is 12.7. The molecule has 0 aliphatic heterocycles. The maximum Gasteiger partial charge on any atom is 0.0314 e. The van der Waals surface area contributed by atoms with Gasteiger partial charge in [0.05, 0.1) is 0 Å². The van der Waals surface area contributed by atoms with E-state index in [0.29, 0.717) is 0 Å². The van der Waals surface area contributed by atoms with Gasteiger partial charge in [-0.3, -0.25) is 0 Å². The average molecular weight is 304 g/mol. The molecule has 0 saturated heterocycles. The summed E-state index contributed by atoms with van der Waals surface area (Å²) in [6, 6.07) is 2.27. The normalized spacial score (nSPS) is 10.9. The number of unbranched alkanes of at least 4 members (excludes halogenated alkanes) is 2. The van der Waals surface area contributed by atoms with Gasteiger partial charge < -0.3 is 5.32 Å². The molecule has 1 rings (SSSR count). The van der Waals surface area contributed by atoms with Gasteiger partial charge in [-0.05, 0) is 67.7 Å². The second kappa shape index (κ2) is 8.26. The summed E-state index contributed by atoms with van der Waals surface area (Å²) in [6.07, 6.45) is 6.45. The second-order valence-electron chi connectivity index (χ2n) is 4.18. The Morgan fingerprint density at radius 2 is 2.06 bits per heavy atom. The molecule has 0 unspecified atom stereocenters. The number of hydrogen-bond donors (Lipinski definition) is 1. The molecular weight excluding hydrogens is 282 g/mol. The summed E-state index contributed by atoms with van der Waals surface area (Å²) in [4.78, 5) is 2.92. The molecule has 0 bridgehead atoms. The van der Waals surface area contributed by atoms with Crippen LogP contribution in [-0.2, 0) is 6.42 Å². The molecule has 0 aliphatic rings. The van der Waals surface area contributed by atoms with Crippen molar-refractivity contribution >= 4 is 27.3 Å². The van der Waals surface area contributed by atoms with Crippen molar-refractivity contribution in [3.05, 3.63) is 20.3 Å². The van der Waals surface area contributed by atoms with Crippen molar-refractivity contribution in [2.45, 2.75) is 46.0 Å². The van der Waals surface area contributed by atoms with Crippen molar-refractivity contribution in [1.82, 2.24) is 5.32 Å².